The van der Waals surface area contributed by atoms with E-state index in [0.717, 1.165) is 53.0 Å². The molecule has 0 spiro atoms. The Labute approximate surface area is 194 Å². The number of carbonyl (C=O) groups is 1. The molecule has 0 saturated heterocycles. The first kappa shape index (κ1) is 23.9. The molecule has 0 unspecified atom stereocenters. The van der Waals surface area contributed by atoms with E-state index >= 15 is 0 Å². The molecule has 1 aromatic heterocycles. The molecule has 1 heterocycles. The molecule has 0 radical (unpaired) electrons. The van der Waals surface area contributed by atoms with E-state index in [-0.39, 0.29) is 5.97 Å². The maximum atomic E-state index is 12.6. The molecule has 170 valence electrons. The number of esters is 1. The van der Waals surface area contributed by atoms with Gasteiger partial charge in [-0.1, -0.05) is 44.9 Å². The highest BCUT2D eigenvalue weighted by Gasteiger charge is 2.17. The van der Waals surface area contributed by atoms with Crippen molar-refractivity contribution >= 4 is 28.6 Å². The van der Waals surface area contributed by atoms with Gasteiger partial charge in [0.05, 0.1) is 25.8 Å². The first-order valence-electron chi connectivity index (χ1n) is 11.1. The Morgan fingerprint density at radius 2 is 1.72 bits per heavy atom. The average Bonchev–Trinajstić information content (AvgIpc) is 2.82. The van der Waals surface area contributed by atoms with Crippen LogP contribution in [0.25, 0.3) is 10.9 Å². The van der Waals surface area contributed by atoms with Crippen LogP contribution in [-0.2, 0) is 10.5 Å². The number of ether oxygens (including phenoxy) is 3. The molecule has 2 aromatic carbocycles. The maximum Gasteiger partial charge on any atom is 0.343 e. The van der Waals surface area contributed by atoms with Crippen molar-refractivity contribution < 1.29 is 19.0 Å². The molecule has 3 rings (SSSR count). The third-order valence-electron chi connectivity index (χ3n) is 5.01. The number of unbranched alkanes of at least 4 members (excludes halogenated alkanes) is 2. The highest BCUT2D eigenvalue weighted by molar-refractivity contribution is 7.98. The van der Waals surface area contributed by atoms with Gasteiger partial charge < -0.3 is 14.2 Å². The van der Waals surface area contributed by atoms with E-state index in [4.69, 9.17) is 14.2 Å². The fourth-order valence-electron chi connectivity index (χ4n) is 3.06. The smallest absolute Gasteiger partial charge is 0.343 e. The number of hydrogen-bond acceptors (Lipinski definition) is 6. The van der Waals surface area contributed by atoms with Crippen molar-refractivity contribution in [1.82, 2.24) is 4.98 Å². The fourth-order valence-corrected chi connectivity index (χ4v) is 3.95. The minimum Gasteiger partial charge on any atom is -0.497 e. The Balaban J connectivity index is 1.79. The number of pyridine rings is 1. The van der Waals surface area contributed by atoms with Gasteiger partial charge >= 0.3 is 5.97 Å². The molecule has 5 nitrogen and oxygen atoms in total. The number of hydrogen-bond donors (Lipinski definition) is 0. The third-order valence-corrected chi connectivity index (χ3v) is 6.07. The second-order valence-corrected chi connectivity index (χ2v) is 8.57. The summed E-state index contributed by atoms with van der Waals surface area (Å²) in [4.78, 5) is 18.4. The van der Waals surface area contributed by atoms with Crippen LogP contribution in [0.3, 0.4) is 0 Å². The summed E-state index contributed by atoms with van der Waals surface area (Å²) in [6, 6.07) is 16.0. The quantitative estimate of drug-likeness (QED) is 0.173. The van der Waals surface area contributed by atoms with Crippen LogP contribution in [-0.4, -0.2) is 31.3 Å². The Kier molecular flexibility index (Phi) is 9.23. The molecule has 0 bridgehead atoms. The van der Waals surface area contributed by atoms with E-state index in [0.29, 0.717) is 24.7 Å². The molecular formula is C26H31NO4S. The van der Waals surface area contributed by atoms with Crippen LogP contribution in [0.1, 0.15) is 55.5 Å². The van der Waals surface area contributed by atoms with Gasteiger partial charge in [-0.15, -0.1) is 11.8 Å². The number of fused-ring (bicyclic) bond motifs is 1. The summed E-state index contributed by atoms with van der Waals surface area (Å²) in [6.07, 6.45) is 3.73. The second kappa shape index (κ2) is 12.3. The van der Waals surface area contributed by atoms with Crippen molar-refractivity contribution in [3.05, 3.63) is 59.7 Å². The van der Waals surface area contributed by atoms with Crippen molar-refractivity contribution in [1.29, 1.82) is 0 Å². The Morgan fingerprint density at radius 3 is 2.44 bits per heavy atom. The van der Waals surface area contributed by atoms with Gasteiger partial charge in [0, 0.05) is 16.0 Å². The van der Waals surface area contributed by atoms with Crippen LogP contribution in [0.5, 0.6) is 11.6 Å². The van der Waals surface area contributed by atoms with Crippen molar-refractivity contribution in [3.63, 3.8) is 0 Å². The zero-order valence-electron chi connectivity index (χ0n) is 19.1. The summed E-state index contributed by atoms with van der Waals surface area (Å²) in [6.45, 7) is 5.09. The summed E-state index contributed by atoms with van der Waals surface area (Å²) in [5.74, 6) is 1.67. The lowest BCUT2D eigenvalue weighted by Gasteiger charge is -2.12. The predicted molar refractivity (Wildman–Crippen MR) is 130 cm³/mol. The molecule has 0 aliphatic heterocycles. The monoisotopic (exact) mass is 453 g/mol. The molecule has 0 amide bonds. The van der Waals surface area contributed by atoms with Crippen LogP contribution in [0.15, 0.2) is 53.4 Å². The van der Waals surface area contributed by atoms with Crippen molar-refractivity contribution in [2.24, 2.45) is 0 Å². The molecule has 0 atom stereocenters. The summed E-state index contributed by atoms with van der Waals surface area (Å²) in [5.41, 5.74) is 2.42. The van der Waals surface area contributed by atoms with Crippen molar-refractivity contribution in [3.8, 4) is 11.6 Å². The maximum absolute atomic E-state index is 12.6. The van der Waals surface area contributed by atoms with Gasteiger partial charge in [-0.25, -0.2) is 9.78 Å². The molecule has 0 aliphatic carbocycles. The van der Waals surface area contributed by atoms with Crippen molar-refractivity contribution in [2.45, 2.75) is 50.2 Å². The number of nitrogens with zero attached hydrogens (tertiary/aromatic N) is 1. The molecule has 0 aliphatic rings. The zero-order chi connectivity index (χ0) is 22.8. The number of aromatic nitrogens is 1. The normalized spacial score (nSPS) is 10.8. The molecule has 3 aromatic rings. The van der Waals surface area contributed by atoms with Gasteiger partial charge in [-0.2, -0.15) is 0 Å². The molecule has 0 N–H and O–H groups in total. The SMILES string of the molecule is CCCCOC(=O)c1cc2ccc(SCc3ccc(OC)cc3)cc2nc1OCCCC. The van der Waals surface area contributed by atoms with Crippen molar-refractivity contribution in [2.75, 3.05) is 20.3 Å². The van der Waals surface area contributed by atoms with Gasteiger partial charge in [0.1, 0.15) is 11.3 Å². The lowest BCUT2D eigenvalue weighted by atomic mass is 10.1. The summed E-state index contributed by atoms with van der Waals surface area (Å²) in [7, 11) is 1.67. The Bertz CT molecular complexity index is 1020. The first-order chi connectivity index (χ1) is 15.6. The lowest BCUT2D eigenvalue weighted by molar-refractivity contribution is 0.0494. The largest absolute Gasteiger partial charge is 0.497 e. The van der Waals surface area contributed by atoms with Gasteiger partial charge in [0.2, 0.25) is 5.88 Å². The molecule has 0 saturated carbocycles. The van der Waals surface area contributed by atoms with E-state index in [2.05, 4.69) is 37.0 Å². The Hall–Kier alpha value is -2.73. The standard InChI is InChI=1S/C26H31NO4S/c1-4-6-14-30-25-23(26(28)31-15-7-5-2)16-20-10-13-22(17-24(20)27-25)32-18-19-8-11-21(29-3)12-9-19/h8-13,16-17H,4-7,14-15,18H2,1-3H3. The van der Waals surface area contributed by atoms with E-state index in [1.165, 1.54) is 5.56 Å². The summed E-state index contributed by atoms with van der Waals surface area (Å²) < 4.78 is 16.5. The van der Waals surface area contributed by atoms with Crippen LogP contribution >= 0.6 is 11.8 Å². The van der Waals surface area contributed by atoms with Gasteiger partial charge in [-0.05, 0) is 48.7 Å². The van der Waals surface area contributed by atoms with E-state index in [9.17, 15) is 4.79 Å². The van der Waals surface area contributed by atoms with Crippen LogP contribution in [0.2, 0.25) is 0 Å². The van der Waals surface area contributed by atoms with Crippen LogP contribution in [0, 0.1) is 0 Å². The van der Waals surface area contributed by atoms with E-state index in [1.807, 2.05) is 30.3 Å². The highest BCUT2D eigenvalue weighted by atomic mass is 32.2. The molecule has 0 fully saturated rings. The average molecular weight is 454 g/mol. The van der Waals surface area contributed by atoms with E-state index in [1.54, 1.807) is 18.9 Å². The topological polar surface area (TPSA) is 57.7 Å². The predicted octanol–water partition coefficient (Wildman–Crippen LogP) is 6.67. The van der Waals surface area contributed by atoms with E-state index < -0.39 is 0 Å². The van der Waals surface area contributed by atoms with Gasteiger partial charge in [0.15, 0.2) is 0 Å². The Morgan fingerprint density at radius 1 is 0.969 bits per heavy atom. The number of rotatable bonds is 12. The molecule has 6 heteroatoms. The number of methoxy groups -OCH3 is 1. The minimum atomic E-state index is -0.377. The minimum absolute atomic E-state index is 0.352. The summed E-state index contributed by atoms with van der Waals surface area (Å²) >= 11 is 1.74. The third kappa shape index (κ3) is 6.63. The molecule has 32 heavy (non-hydrogen) atoms. The number of benzene rings is 2. The number of thioether (sulfide) groups is 1. The summed E-state index contributed by atoms with van der Waals surface area (Å²) in [5, 5.41) is 0.893. The fraction of sp³-hybridized carbons (Fsp3) is 0.385. The second-order valence-electron chi connectivity index (χ2n) is 7.52. The first-order valence-corrected chi connectivity index (χ1v) is 12.1. The van der Waals surface area contributed by atoms with Crippen LogP contribution in [0.4, 0.5) is 0 Å². The lowest BCUT2D eigenvalue weighted by Crippen LogP contribution is -2.11. The number of carbonyl (C=O) groups excluding carboxylic acids is 1. The highest BCUT2D eigenvalue weighted by Crippen LogP contribution is 2.29. The van der Waals surface area contributed by atoms with Crippen LogP contribution < -0.4 is 9.47 Å². The zero-order valence-corrected chi connectivity index (χ0v) is 19.9. The van der Waals surface area contributed by atoms with Gasteiger partial charge in [0.25, 0.3) is 0 Å². The molecular weight excluding hydrogens is 422 g/mol. The van der Waals surface area contributed by atoms with Gasteiger partial charge in [-0.3, -0.25) is 0 Å².